The smallest absolute Gasteiger partial charge is 0 e. The topological polar surface area (TPSA) is 0 Å². The molecule has 0 aromatic rings. The van der Waals surface area contributed by atoms with Crippen molar-refractivity contribution in [3.63, 3.8) is 0 Å². The minimum absolute atomic E-state index is 0. The zero-order valence-corrected chi connectivity index (χ0v) is 12.7. The van der Waals surface area contributed by atoms with Crippen LogP contribution in [0.15, 0.2) is 0 Å². The largest absolute Gasteiger partial charge is 0 e. The molecule has 16 valence electrons. The zero-order valence-electron chi connectivity index (χ0n) is 2.32. The van der Waals surface area contributed by atoms with Crippen LogP contribution in [0.2, 0.25) is 0 Å². The molecule has 0 saturated heterocycles. The maximum absolute atomic E-state index is 0. The first kappa shape index (κ1) is 23.7. The van der Waals surface area contributed by atoms with Crippen molar-refractivity contribution >= 4 is 83.2 Å². The Morgan fingerprint density at radius 2 is 1.00 bits per heavy atom. The van der Waals surface area contributed by atoms with Crippen LogP contribution in [0.4, 0.5) is 0 Å². The van der Waals surface area contributed by atoms with Gasteiger partial charge in [-0.3, -0.25) is 0 Å². The maximum atomic E-state index is 0. The Bertz CT molecular complexity index is 8.00. The first-order valence-corrected chi connectivity index (χ1v) is 0. The Morgan fingerprint density at radius 1 is 1.00 bits per heavy atom. The Balaban J connectivity index is 0. The molecule has 0 rings (SSSR count). The van der Waals surface area contributed by atoms with E-state index in [1.54, 1.807) is 0 Å². The Hall–Kier alpha value is 4.44. The van der Waals surface area contributed by atoms with Crippen LogP contribution in [0, 0.1) is 35.6 Å². The third-order valence-electron chi connectivity index (χ3n) is 0. The molecule has 0 aliphatic heterocycles. The Morgan fingerprint density at radius 3 is 1.00 bits per heavy atom. The summed E-state index contributed by atoms with van der Waals surface area (Å²) in [6, 6.07) is 0. The summed E-state index contributed by atoms with van der Waals surface area (Å²) in [5, 5.41) is 0. The third-order valence-corrected chi connectivity index (χ3v) is 0. The van der Waals surface area contributed by atoms with Crippen molar-refractivity contribution in [3.8, 4) is 0 Å². The summed E-state index contributed by atoms with van der Waals surface area (Å²) in [6.07, 6.45) is 0. The van der Waals surface area contributed by atoms with Crippen LogP contribution < -0.4 is 0 Å². The van der Waals surface area contributed by atoms with E-state index in [-0.39, 0.29) is 136 Å². The van der Waals surface area contributed by atoms with Crippen molar-refractivity contribution in [3.05, 3.63) is 0 Å². The van der Waals surface area contributed by atoms with Gasteiger partial charge in [0.1, 0.15) is 0 Å². The standard InChI is InChI=1S/Ca.Co.La.Sr. The maximum Gasteiger partial charge on any atom is 0 e. The van der Waals surface area contributed by atoms with E-state index in [9.17, 15) is 0 Å². The molecule has 0 unspecified atom stereocenters. The third kappa shape index (κ3) is 9.67. The molecule has 0 amide bonds. The van der Waals surface area contributed by atoms with Crippen LogP contribution in [-0.2, 0) is 16.8 Å². The van der Waals surface area contributed by atoms with E-state index >= 15 is 0 Å². The molecule has 0 bridgehead atoms. The molecular formula is CaCoLaSr. The molecule has 0 saturated carbocycles. The fourth-order valence-corrected chi connectivity index (χ4v) is 0. The first-order chi connectivity index (χ1) is 0. The van der Waals surface area contributed by atoms with Gasteiger partial charge in [-0.05, 0) is 0 Å². The van der Waals surface area contributed by atoms with Crippen molar-refractivity contribution in [1.82, 2.24) is 0 Å². The molecule has 0 nitrogen and oxygen atoms in total. The molecule has 0 aliphatic rings. The van der Waals surface area contributed by atoms with Gasteiger partial charge in [0.15, 0.2) is 0 Å². The Kier molecular flexibility index (Phi) is 92.7. The second kappa shape index (κ2) is 15.7. The van der Waals surface area contributed by atoms with E-state index < -0.39 is 0 Å². The van der Waals surface area contributed by atoms with Gasteiger partial charge >= 0.3 is 0 Å². The molecule has 4 heavy (non-hydrogen) atoms. The molecule has 0 atom stereocenters. The van der Waals surface area contributed by atoms with Gasteiger partial charge in [-0.15, -0.1) is 0 Å². The molecule has 6 radical (unpaired) electrons. The van der Waals surface area contributed by atoms with Crippen LogP contribution in [0.3, 0.4) is 0 Å². The summed E-state index contributed by atoms with van der Waals surface area (Å²) in [7, 11) is 0. The van der Waals surface area contributed by atoms with E-state index in [4.69, 9.17) is 0 Å². The fourth-order valence-electron chi connectivity index (χ4n) is 0. The second-order valence-electron chi connectivity index (χ2n) is 0. The Labute approximate surface area is 131 Å². The molecule has 4 heteroatoms. The van der Waals surface area contributed by atoms with Crippen LogP contribution in [0.25, 0.3) is 0 Å². The van der Waals surface area contributed by atoms with Crippen molar-refractivity contribution < 1.29 is 52.4 Å². The second-order valence-corrected chi connectivity index (χ2v) is 0. The molecule has 0 spiro atoms. The van der Waals surface area contributed by atoms with E-state index in [0.29, 0.717) is 0 Å². The molecule has 0 aliphatic carbocycles. The van der Waals surface area contributed by atoms with Crippen molar-refractivity contribution in [2.75, 3.05) is 0 Å². The van der Waals surface area contributed by atoms with Gasteiger partial charge in [0.2, 0.25) is 0 Å². The van der Waals surface area contributed by atoms with Crippen molar-refractivity contribution in [2.45, 2.75) is 0 Å². The average Bonchev–Trinajstić information content (AvgIpc) is 0. The summed E-state index contributed by atoms with van der Waals surface area (Å²) >= 11 is 0. The van der Waals surface area contributed by atoms with Gasteiger partial charge in [0.05, 0.1) is 0 Å². The molecule has 0 aromatic carbocycles. The van der Waals surface area contributed by atoms with Gasteiger partial charge in [0.25, 0.3) is 0 Å². The minimum atomic E-state index is 0. The SMILES string of the molecule is [Ca].[Co].[La].[Sr]. The minimum Gasteiger partial charge on any atom is 0 e. The van der Waals surface area contributed by atoms with E-state index in [1.807, 2.05) is 0 Å². The van der Waals surface area contributed by atoms with Crippen molar-refractivity contribution in [1.29, 1.82) is 0 Å². The van der Waals surface area contributed by atoms with Crippen LogP contribution in [0.1, 0.15) is 0 Å². The van der Waals surface area contributed by atoms with Crippen LogP contribution >= 0.6 is 0 Å². The van der Waals surface area contributed by atoms with Gasteiger partial charge in [0, 0.05) is 136 Å². The van der Waals surface area contributed by atoms with Crippen molar-refractivity contribution in [2.24, 2.45) is 0 Å². The number of hydrogen-bond donors (Lipinski definition) is 0. The number of rotatable bonds is 0. The zero-order chi connectivity index (χ0) is 0. The van der Waals surface area contributed by atoms with Gasteiger partial charge in [-0.25, -0.2) is 0 Å². The number of hydrogen-bond acceptors (Lipinski definition) is 0. The van der Waals surface area contributed by atoms with E-state index in [0.717, 1.165) is 0 Å². The summed E-state index contributed by atoms with van der Waals surface area (Å²) in [4.78, 5) is 0. The molecule has 0 aromatic heterocycles. The average molecular weight is 326 g/mol. The van der Waals surface area contributed by atoms with Crippen LogP contribution in [-0.4, -0.2) is 83.2 Å². The first-order valence-electron chi connectivity index (χ1n) is 0. The monoisotopic (exact) mass is 326 g/mol. The summed E-state index contributed by atoms with van der Waals surface area (Å²) in [5.74, 6) is 0. The van der Waals surface area contributed by atoms with Gasteiger partial charge in [-0.1, -0.05) is 0 Å². The van der Waals surface area contributed by atoms with Gasteiger partial charge in [-0.2, -0.15) is 0 Å². The summed E-state index contributed by atoms with van der Waals surface area (Å²) < 4.78 is 0. The van der Waals surface area contributed by atoms with Crippen LogP contribution in [0.5, 0.6) is 0 Å². The molecule has 0 heterocycles. The van der Waals surface area contributed by atoms with E-state index in [1.165, 1.54) is 0 Å². The summed E-state index contributed by atoms with van der Waals surface area (Å²) in [5.41, 5.74) is 0. The predicted octanol–water partition coefficient (Wildman–Crippen LogP) is -0.764. The van der Waals surface area contributed by atoms with Gasteiger partial charge < -0.3 is 0 Å². The predicted molar refractivity (Wildman–Crippen MR) is 11.5 cm³/mol. The molecule has 0 N–H and O–H groups in total. The molecular weight excluding hydrogens is 326 g/mol. The van der Waals surface area contributed by atoms with E-state index in [2.05, 4.69) is 0 Å². The molecule has 0 fully saturated rings. The fraction of sp³-hybridized carbons (Fsp3) is 0. The normalized spacial score (nSPS) is 0. The quantitative estimate of drug-likeness (QED) is 0.514. The summed E-state index contributed by atoms with van der Waals surface area (Å²) in [6.45, 7) is 0.